The number of benzene rings is 2. The van der Waals surface area contributed by atoms with E-state index < -0.39 is 0 Å². The summed E-state index contributed by atoms with van der Waals surface area (Å²) in [6.45, 7) is 4.43. The van der Waals surface area contributed by atoms with Gasteiger partial charge >= 0.3 is 0 Å². The number of rotatable bonds is 8. The molecule has 0 radical (unpaired) electrons. The van der Waals surface area contributed by atoms with Gasteiger partial charge in [0.2, 0.25) is 0 Å². The molecule has 2 aliphatic carbocycles. The highest BCUT2D eigenvalue weighted by atomic mass is 14.4. The summed E-state index contributed by atoms with van der Waals surface area (Å²) in [5, 5.41) is 0. The number of hydrogen-bond acceptors (Lipinski definition) is 0. The minimum Gasteiger partial charge on any atom is -0.0917 e. The van der Waals surface area contributed by atoms with Crippen molar-refractivity contribution < 1.29 is 0 Å². The van der Waals surface area contributed by atoms with Crippen LogP contribution in [0.4, 0.5) is 0 Å². The fourth-order valence-electron chi connectivity index (χ4n) is 6.27. The molecule has 0 amide bonds. The Bertz CT molecular complexity index is 810. The Morgan fingerprint density at radius 1 is 0.806 bits per heavy atom. The van der Waals surface area contributed by atoms with Crippen LogP contribution < -0.4 is 0 Å². The predicted molar refractivity (Wildman–Crippen MR) is 135 cm³/mol. The van der Waals surface area contributed by atoms with Gasteiger partial charge < -0.3 is 0 Å². The van der Waals surface area contributed by atoms with Gasteiger partial charge in [0.15, 0.2) is 0 Å². The molecule has 0 saturated heterocycles. The number of hydrogen-bond donors (Lipinski definition) is 0. The minimum absolute atomic E-state index is 0.788. The second-order valence-electron chi connectivity index (χ2n) is 10.3. The Balaban J connectivity index is 1.33. The second kappa shape index (κ2) is 11.2. The molecule has 2 fully saturated rings. The Morgan fingerprint density at radius 2 is 1.48 bits per heavy atom. The summed E-state index contributed by atoms with van der Waals surface area (Å²) in [7, 11) is 0. The van der Waals surface area contributed by atoms with Crippen LogP contribution in [0.1, 0.15) is 95.1 Å². The van der Waals surface area contributed by atoms with E-state index in [1.54, 1.807) is 5.56 Å². The minimum atomic E-state index is 0.788. The summed E-state index contributed by atoms with van der Waals surface area (Å²) in [5.41, 5.74) is 5.71. The SMILES string of the molecule is C/C=C/CCc1ccc(-c2ccc([C@@H]3CC[C@@H]4CC(CCCC)CC[C@@H]4C3)cc2)cc1. The first-order chi connectivity index (χ1) is 15.3. The average Bonchev–Trinajstić information content (AvgIpc) is 2.83. The monoisotopic (exact) mass is 414 g/mol. The van der Waals surface area contributed by atoms with Gasteiger partial charge in [0, 0.05) is 0 Å². The zero-order valence-corrected chi connectivity index (χ0v) is 19.9. The van der Waals surface area contributed by atoms with Crippen molar-refractivity contribution in [2.75, 3.05) is 0 Å². The summed E-state index contributed by atoms with van der Waals surface area (Å²) in [6, 6.07) is 18.7. The molecule has 1 unspecified atom stereocenters. The molecule has 31 heavy (non-hydrogen) atoms. The van der Waals surface area contributed by atoms with Crippen molar-refractivity contribution in [1.82, 2.24) is 0 Å². The molecular formula is C31H42. The maximum Gasteiger partial charge on any atom is -0.0159 e. The van der Waals surface area contributed by atoms with Gasteiger partial charge in [0.1, 0.15) is 0 Å². The summed E-state index contributed by atoms with van der Waals surface area (Å²) in [4.78, 5) is 0. The van der Waals surface area contributed by atoms with E-state index in [1.165, 1.54) is 74.5 Å². The lowest BCUT2D eigenvalue weighted by Gasteiger charge is -2.42. The largest absolute Gasteiger partial charge is 0.0917 e. The number of allylic oxidation sites excluding steroid dienone is 2. The van der Waals surface area contributed by atoms with Gasteiger partial charge in [0.05, 0.1) is 0 Å². The van der Waals surface area contributed by atoms with E-state index in [4.69, 9.17) is 0 Å². The third-order valence-corrected chi connectivity index (χ3v) is 8.19. The van der Waals surface area contributed by atoms with Gasteiger partial charge in [-0.1, -0.05) is 93.3 Å². The fraction of sp³-hybridized carbons (Fsp3) is 0.548. The lowest BCUT2D eigenvalue weighted by atomic mass is 9.63. The summed E-state index contributed by atoms with van der Waals surface area (Å²) in [5.74, 6) is 3.84. The Morgan fingerprint density at radius 3 is 2.19 bits per heavy atom. The van der Waals surface area contributed by atoms with Crippen LogP contribution in [0.3, 0.4) is 0 Å². The van der Waals surface area contributed by atoms with Gasteiger partial charge in [-0.25, -0.2) is 0 Å². The zero-order chi connectivity index (χ0) is 21.5. The van der Waals surface area contributed by atoms with Crippen molar-refractivity contribution in [2.24, 2.45) is 17.8 Å². The van der Waals surface area contributed by atoms with E-state index in [0.717, 1.165) is 36.5 Å². The first-order valence-electron chi connectivity index (χ1n) is 13.1. The van der Waals surface area contributed by atoms with Crippen LogP contribution in [-0.4, -0.2) is 0 Å². The van der Waals surface area contributed by atoms with Crippen molar-refractivity contribution >= 4 is 0 Å². The van der Waals surface area contributed by atoms with Gasteiger partial charge in [-0.15, -0.1) is 0 Å². The molecule has 0 N–H and O–H groups in total. The topological polar surface area (TPSA) is 0 Å². The molecular weight excluding hydrogens is 372 g/mol. The van der Waals surface area contributed by atoms with E-state index in [1.807, 2.05) is 0 Å². The van der Waals surface area contributed by atoms with Gasteiger partial charge in [0.25, 0.3) is 0 Å². The van der Waals surface area contributed by atoms with Crippen LogP contribution >= 0.6 is 0 Å². The van der Waals surface area contributed by atoms with Crippen molar-refractivity contribution in [3.8, 4) is 11.1 Å². The zero-order valence-electron chi connectivity index (χ0n) is 19.9. The van der Waals surface area contributed by atoms with Gasteiger partial charge in [-0.2, -0.15) is 0 Å². The Hall–Kier alpha value is -1.82. The van der Waals surface area contributed by atoms with Crippen LogP contribution in [0, 0.1) is 17.8 Å². The molecule has 2 aliphatic rings. The van der Waals surface area contributed by atoms with Crippen LogP contribution in [0.25, 0.3) is 11.1 Å². The smallest absolute Gasteiger partial charge is 0.0159 e. The second-order valence-corrected chi connectivity index (χ2v) is 10.3. The summed E-state index contributed by atoms with van der Waals surface area (Å²) in [6.07, 6.45) is 19.8. The molecule has 0 spiro atoms. The highest BCUT2D eigenvalue weighted by Gasteiger charge is 2.35. The highest BCUT2D eigenvalue weighted by molar-refractivity contribution is 5.64. The summed E-state index contributed by atoms with van der Waals surface area (Å²) >= 11 is 0. The molecule has 0 heteroatoms. The van der Waals surface area contributed by atoms with E-state index in [0.29, 0.717) is 0 Å². The summed E-state index contributed by atoms with van der Waals surface area (Å²) < 4.78 is 0. The van der Waals surface area contributed by atoms with Crippen LogP contribution in [0.15, 0.2) is 60.7 Å². The van der Waals surface area contributed by atoms with E-state index >= 15 is 0 Å². The molecule has 4 rings (SSSR count). The number of fused-ring (bicyclic) bond motifs is 1. The van der Waals surface area contributed by atoms with Crippen molar-refractivity contribution in [3.05, 3.63) is 71.8 Å². The van der Waals surface area contributed by atoms with Crippen LogP contribution in [-0.2, 0) is 6.42 Å². The number of aryl methyl sites for hydroxylation is 1. The van der Waals surface area contributed by atoms with Crippen molar-refractivity contribution in [2.45, 2.75) is 90.4 Å². The standard InChI is InChI=1S/C31H42/c1-3-5-7-9-24-10-13-26(14-11-24)27-16-18-28(19-17-27)30-21-20-29-22-25(8-6-4-2)12-15-31(29)23-30/h3,5,10-11,13-14,16-19,25,29-31H,4,6-9,12,15,20-23H2,1-2H3/b5-3+/t25?,29-,30-,31-/m1/s1. The van der Waals surface area contributed by atoms with E-state index in [2.05, 4.69) is 74.5 Å². The van der Waals surface area contributed by atoms with Crippen LogP contribution in [0.2, 0.25) is 0 Å². The van der Waals surface area contributed by atoms with Gasteiger partial charge in [-0.3, -0.25) is 0 Å². The quantitative estimate of drug-likeness (QED) is 0.377. The van der Waals surface area contributed by atoms with E-state index in [-0.39, 0.29) is 0 Å². The third kappa shape index (κ3) is 5.91. The maximum atomic E-state index is 2.42. The molecule has 166 valence electrons. The molecule has 0 nitrogen and oxygen atoms in total. The normalized spacial score (nSPS) is 26.1. The molecule has 0 aromatic heterocycles. The van der Waals surface area contributed by atoms with E-state index in [9.17, 15) is 0 Å². The van der Waals surface area contributed by atoms with Crippen LogP contribution in [0.5, 0.6) is 0 Å². The molecule has 0 heterocycles. The lowest BCUT2D eigenvalue weighted by Crippen LogP contribution is -2.30. The molecule has 2 aromatic carbocycles. The molecule has 4 atom stereocenters. The molecule has 0 bridgehead atoms. The first kappa shape index (κ1) is 22.4. The first-order valence-corrected chi connectivity index (χ1v) is 13.1. The van der Waals surface area contributed by atoms with Gasteiger partial charge in [-0.05, 0) is 97.8 Å². The molecule has 2 saturated carbocycles. The Kier molecular flexibility index (Phi) is 8.06. The molecule has 0 aliphatic heterocycles. The van der Waals surface area contributed by atoms with Crippen molar-refractivity contribution in [1.29, 1.82) is 0 Å². The highest BCUT2D eigenvalue weighted by Crippen LogP contribution is 2.48. The fourth-order valence-corrected chi connectivity index (χ4v) is 6.27. The lowest BCUT2D eigenvalue weighted by molar-refractivity contribution is 0.113. The predicted octanol–water partition coefficient (Wildman–Crippen LogP) is 9.35. The van der Waals surface area contributed by atoms with Crippen molar-refractivity contribution in [3.63, 3.8) is 0 Å². The maximum absolute atomic E-state index is 2.42. The Labute approximate surface area is 191 Å². The third-order valence-electron chi connectivity index (χ3n) is 8.19. The average molecular weight is 415 g/mol. The molecule has 2 aromatic rings. The number of unbranched alkanes of at least 4 members (excludes halogenated alkanes) is 1.